The molecule has 0 amide bonds. The molecule has 0 radical (unpaired) electrons. The second-order valence-corrected chi connectivity index (χ2v) is 5.60. The zero-order valence-electron chi connectivity index (χ0n) is 14.1. The molecule has 0 saturated carbocycles. The molecule has 126 valence electrons. The third-order valence-electron chi connectivity index (χ3n) is 3.82. The fourth-order valence-corrected chi connectivity index (χ4v) is 2.40. The van der Waals surface area contributed by atoms with Crippen molar-refractivity contribution in [3.63, 3.8) is 0 Å². The number of ether oxygens (including phenoxy) is 2. The Hall–Kier alpha value is -3.20. The van der Waals surface area contributed by atoms with Gasteiger partial charge in [0.05, 0.1) is 7.11 Å². The summed E-state index contributed by atoms with van der Waals surface area (Å²) in [4.78, 5) is 0. The molecule has 3 aromatic rings. The lowest BCUT2D eigenvalue weighted by atomic mass is 10.1. The first-order valence-electron chi connectivity index (χ1n) is 8.06. The Morgan fingerprint density at radius 2 is 1.56 bits per heavy atom. The molecule has 1 N–H and O–H groups in total. The molecule has 0 aliphatic rings. The molecule has 0 fully saturated rings. The second-order valence-electron chi connectivity index (χ2n) is 5.60. The van der Waals surface area contributed by atoms with Crippen LogP contribution in [0.1, 0.15) is 16.7 Å². The number of phenols is 1. The first-order valence-corrected chi connectivity index (χ1v) is 8.06. The number of rotatable bonds is 6. The molecule has 0 unspecified atom stereocenters. The number of phenolic OH excluding ortho intramolecular Hbond substituents is 1. The van der Waals surface area contributed by atoms with Gasteiger partial charge in [0.15, 0.2) is 0 Å². The van der Waals surface area contributed by atoms with Gasteiger partial charge in [-0.05, 0) is 41.5 Å². The average Bonchev–Trinajstić information content (AvgIpc) is 2.67. The van der Waals surface area contributed by atoms with Gasteiger partial charge in [-0.15, -0.1) is 0 Å². The van der Waals surface area contributed by atoms with Gasteiger partial charge >= 0.3 is 0 Å². The van der Waals surface area contributed by atoms with E-state index >= 15 is 0 Å². The Kier molecular flexibility index (Phi) is 5.37. The molecule has 3 aromatic carbocycles. The lowest BCUT2D eigenvalue weighted by Crippen LogP contribution is -1.95. The zero-order valence-corrected chi connectivity index (χ0v) is 14.1. The Morgan fingerprint density at radius 1 is 0.840 bits per heavy atom. The summed E-state index contributed by atoms with van der Waals surface area (Å²) >= 11 is 0. The Morgan fingerprint density at radius 3 is 2.28 bits per heavy atom. The smallest absolute Gasteiger partial charge is 0.123 e. The fraction of sp³-hybridized carbons (Fsp3) is 0.0909. The molecule has 0 saturated heterocycles. The van der Waals surface area contributed by atoms with Crippen molar-refractivity contribution in [2.24, 2.45) is 0 Å². The van der Waals surface area contributed by atoms with Gasteiger partial charge in [-0.3, -0.25) is 0 Å². The van der Waals surface area contributed by atoms with Crippen LogP contribution in [0.4, 0.5) is 0 Å². The highest BCUT2D eigenvalue weighted by Crippen LogP contribution is 2.26. The first-order chi connectivity index (χ1) is 12.2. The third kappa shape index (κ3) is 4.64. The van der Waals surface area contributed by atoms with Gasteiger partial charge in [-0.1, -0.05) is 54.6 Å². The maximum Gasteiger partial charge on any atom is 0.123 e. The molecule has 3 nitrogen and oxygen atoms in total. The maximum absolute atomic E-state index is 10.1. The topological polar surface area (TPSA) is 38.7 Å². The summed E-state index contributed by atoms with van der Waals surface area (Å²) in [5.74, 6) is 1.75. The van der Waals surface area contributed by atoms with Crippen molar-refractivity contribution in [1.82, 2.24) is 0 Å². The van der Waals surface area contributed by atoms with Crippen molar-refractivity contribution in [2.45, 2.75) is 6.61 Å². The fourth-order valence-electron chi connectivity index (χ4n) is 2.40. The molecule has 3 heteroatoms. The van der Waals surface area contributed by atoms with Crippen molar-refractivity contribution in [1.29, 1.82) is 0 Å². The molecule has 0 aliphatic heterocycles. The van der Waals surface area contributed by atoms with E-state index < -0.39 is 0 Å². The van der Waals surface area contributed by atoms with Crippen LogP contribution in [-0.2, 0) is 6.61 Å². The van der Waals surface area contributed by atoms with Gasteiger partial charge in [0.25, 0.3) is 0 Å². The van der Waals surface area contributed by atoms with Gasteiger partial charge in [-0.25, -0.2) is 0 Å². The summed E-state index contributed by atoms with van der Waals surface area (Å²) in [6.45, 7) is 0.493. The largest absolute Gasteiger partial charge is 0.507 e. The molecule has 25 heavy (non-hydrogen) atoms. The lowest BCUT2D eigenvalue weighted by Gasteiger charge is -2.08. The SMILES string of the molecule is COc1ccc(C=Cc2cc(OCc3ccccc3)ccc2O)cc1. The highest BCUT2D eigenvalue weighted by atomic mass is 16.5. The highest BCUT2D eigenvalue weighted by Gasteiger charge is 2.02. The van der Waals surface area contributed by atoms with Crippen LogP contribution in [0.25, 0.3) is 12.2 Å². The summed E-state index contributed by atoms with van der Waals surface area (Å²) < 4.78 is 11.0. The molecular weight excluding hydrogens is 312 g/mol. The first kappa shape index (κ1) is 16.7. The zero-order chi connectivity index (χ0) is 17.5. The lowest BCUT2D eigenvalue weighted by molar-refractivity contribution is 0.305. The minimum atomic E-state index is 0.219. The Balaban J connectivity index is 1.71. The molecule has 0 bridgehead atoms. The summed E-state index contributed by atoms with van der Waals surface area (Å²) in [6, 6.07) is 23.0. The monoisotopic (exact) mass is 332 g/mol. The molecule has 0 aliphatic carbocycles. The van der Waals surface area contributed by atoms with Gasteiger partial charge in [-0.2, -0.15) is 0 Å². The molecule has 3 rings (SSSR count). The summed E-state index contributed by atoms with van der Waals surface area (Å²) in [5, 5.41) is 10.1. The average molecular weight is 332 g/mol. The number of methoxy groups -OCH3 is 1. The maximum atomic E-state index is 10.1. The number of aromatic hydroxyl groups is 1. The predicted molar refractivity (Wildman–Crippen MR) is 101 cm³/mol. The number of hydrogen-bond acceptors (Lipinski definition) is 3. The van der Waals surface area contributed by atoms with Crippen LogP contribution in [0.3, 0.4) is 0 Å². The number of hydrogen-bond donors (Lipinski definition) is 1. The van der Waals surface area contributed by atoms with E-state index in [4.69, 9.17) is 9.47 Å². The minimum Gasteiger partial charge on any atom is -0.507 e. The van der Waals surface area contributed by atoms with Crippen LogP contribution in [0.2, 0.25) is 0 Å². The van der Waals surface area contributed by atoms with Gasteiger partial charge in [0, 0.05) is 5.56 Å². The second kappa shape index (κ2) is 8.06. The van der Waals surface area contributed by atoms with E-state index in [1.807, 2.05) is 72.8 Å². The van der Waals surface area contributed by atoms with Crippen LogP contribution in [0.15, 0.2) is 72.8 Å². The van der Waals surface area contributed by atoms with E-state index in [1.165, 1.54) is 0 Å². The van der Waals surface area contributed by atoms with Crippen LogP contribution in [-0.4, -0.2) is 12.2 Å². The summed E-state index contributed by atoms with van der Waals surface area (Å²) in [7, 11) is 1.64. The quantitative estimate of drug-likeness (QED) is 0.634. The molecule has 0 atom stereocenters. The van der Waals surface area contributed by atoms with Gasteiger partial charge in [0.2, 0.25) is 0 Å². The van der Waals surface area contributed by atoms with E-state index in [0.717, 1.165) is 22.6 Å². The van der Waals surface area contributed by atoms with Crippen molar-refractivity contribution < 1.29 is 14.6 Å². The van der Waals surface area contributed by atoms with Crippen molar-refractivity contribution in [3.05, 3.63) is 89.5 Å². The summed E-state index contributed by atoms with van der Waals surface area (Å²) in [6.07, 6.45) is 3.81. The van der Waals surface area contributed by atoms with E-state index in [0.29, 0.717) is 12.2 Å². The van der Waals surface area contributed by atoms with E-state index in [1.54, 1.807) is 19.2 Å². The van der Waals surface area contributed by atoms with Crippen LogP contribution in [0, 0.1) is 0 Å². The highest BCUT2D eigenvalue weighted by molar-refractivity contribution is 5.73. The molecule has 0 heterocycles. The Labute approximate surface area is 147 Å². The predicted octanol–water partition coefficient (Wildman–Crippen LogP) is 5.15. The molecule has 0 aromatic heterocycles. The third-order valence-corrected chi connectivity index (χ3v) is 3.82. The van der Waals surface area contributed by atoms with Crippen molar-refractivity contribution in [3.8, 4) is 17.2 Å². The van der Waals surface area contributed by atoms with Crippen LogP contribution < -0.4 is 9.47 Å². The van der Waals surface area contributed by atoms with Crippen LogP contribution in [0.5, 0.6) is 17.2 Å². The standard InChI is InChI=1S/C22H20O3/c1-24-20-11-8-17(9-12-20)7-10-19-15-21(13-14-22(19)23)25-16-18-5-3-2-4-6-18/h2-15,23H,16H2,1H3. The van der Waals surface area contributed by atoms with Crippen molar-refractivity contribution in [2.75, 3.05) is 7.11 Å². The summed E-state index contributed by atoms with van der Waals surface area (Å²) in [5.41, 5.74) is 2.84. The number of benzene rings is 3. The normalized spacial score (nSPS) is 10.8. The molecular formula is C22H20O3. The minimum absolute atomic E-state index is 0.219. The van der Waals surface area contributed by atoms with Crippen LogP contribution >= 0.6 is 0 Å². The Bertz CT molecular complexity index is 837. The van der Waals surface area contributed by atoms with Gasteiger partial charge in [0.1, 0.15) is 23.9 Å². The van der Waals surface area contributed by atoms with E-state index in [2.05, 4.69) is 0 Å². The van der Waals surface area contributed by atoms with E-state index in [-0.39, 0.29) is 5.75 Å². The van der Waals surface area contributed by atoms with Crippen molar-refractivity contribution >= 4 is 12.2 Å². The van der Waals surface area contributed by atoms with Gasteiger partial charge < -0.3 is 14.6 Å². The molecule has 0 spiro atoms. The van der Waals surface area contributed by atoms with E-state index in [9.17, 15) is 5.11 Å².